The molecule has 1 heterocycles. The smallest absolute Gasteiger partial charge is 0.315 e. The van der Waals surface area contributed by atoms with Crippen LogP contribution in [0.3, 0.4) is 0 Å². The summed E-state index contributed by atoms with van der Waals surface area (Å²) in [5, 5.41) is 51.5. The molecule has 134 valence electrons. The molecule has 26 heavy (non-hydrogen) atoms. The molecule has 0 spiro atoms. The SMILES string of the molecule is Cc1c(Cl)c(C)[n+]([O-])c(Cl)c1C(C#N)=Cc1cc(O)c(O)c([N+](=O)[O-])c1. The maximum atomic E-state index is 12.1. The van der Waals surface area contributed by atoms with Gasteiger partial charge in [-0.2, -0.15) is 9.99 Å². The van der Waals surface area contributed by atoms with Crippen LogP contribution in [0.4, 0.5) is 5.69 Å². The van der Waals surface area contributed by atoms with Gasteiger partial charge in [-0.1, -0.05) is 11.6 Å². The first-order valence-corrected chi connectivity index (χ1v) is 7.76. The zero-order valence-corrected chi connectivity index (χ0v) is 15.0. The normalized spacial score (nSPS) is 11.3. The van der Waals surface area contributed by atoms with Crippen molar-refractivity contribution in [1.82, 2.24) is 0 Å². The number of allylic oxidation sites excluding steroid dienone is 1. The topological polar surface area (TPSA) is 134 Å². The lowest BCUT2D eigenvalue weighted by atomic mass is 10.00. The molecule has 8 nitrogen and oxygen atoms in total. The Hall–Kier alpha value is -3.02. The van der Waals surface area contributed by atoms with E-state index in [2.05, 4.69) is 0 Å². The zero-order valence-electron chi connectivity index (χ0n) is 13.4. The number of halogens is 2. The number of phenolic OH excluding ortho intramolecular Hbond substituents is 2. The fourth-order valence-corrected chi connectivity index (χ4v) is 2.90. The van der Waals surface area contributed by atoms with Gasteiger partial charge in [-0.15, -0.1) is 0 Å². The third-order valence-corrected chi connectivity index (χ3v) is 4.60. The van der Waals surface area contributed by atoms with Gasteiger partial charge in [-0.3, -0.25) is 10.1 Å². The second-order valence-electron chi connectivity index (χ2n) is 5.32. The van der Waals surface area contributed by atoms with Crippen molar-refractivity contribution < 1.29 is 19.9 Å². The lowest BCUT2D eigenvalue weighted by Gasteiger charge is -2.12. The van der Waals surface area contributed by atoms with E-state index in [0.717, 1.165) is 12.1 Å². The standard InChI is InChI=1S/C16H11Cl2N3O5/c1-7-13(16(18)20(24)8(2)14(7)17)10(6-19)3-9-4-11(21(25)26)15(23)12(22)5-9/h3-5,22-23H,1-2H3. The third-order valence-electron chi connectivity index (χ3n) is 3.70. The van der Waals surface area contributed by atoms with Crippen LogP contribution in [0.25, 0.3) is 11.6 Å². The number of nitro benzene ring substituents is 1. The highest BCUT2D eigenvalue weighted by Gasteiger charge is 2.25. The van der Waals surface area contributed by atoms with E-state index in [0.29, 0.717) is 10.3 Å². The number of phenols is 2. The Balaban J connectivity index is 2.76. The molecular weight excluding hydrogens is 385 g/mol. The summed E-state index contributed by atoms with van der Waals surface area (Å²) in [5.41, 5.74) is -0.182. The number of hydrogen-bond donors (Lipinski definition) is 2. The van der Waals surface area contributed by atoms with Gasteiger partial charge >= 0.3 is 5.69 Å². The van der Waals surface area contributed by atoms with Crippen LogP contribution < -0.4 is 4.73 Å². The highest BCUT2D eigenvalue weighted by atomic mass is 35.5. The highest BCUT2D eigenvalue weighted by molar-refractivity contribution is 6.34. The van der Waals surface area contributed by atoms with Crippen molar-refractivity contribution in [3.8, 4) is 17.6 Å². The molecule has 10 heteroatoms. The number of rotatable bonds is 3. The maximum Gasteiger partial charge on any atom is 0.315 e. The minimum Gasteiger partial charge on any atom is -0.617 e. The maximum absolute atomic E-state index is 12.1. The van der Waals surface area contributed by atoms with Crippen molar-refractivity contribution in [2.45, 2.75) is 13.8 Å². The first kappa shape index (κ1) is 19.3. The van der Waals surface area contributed by atoms with Crippen molar-refractivity contribution in [3.05, 3.63) is 60.0 Å². The predicted octanol–water partition coefficient (Wildman–Crippen LogP) is 3.63. The Bertz CT molecular complexity index is 983. The molecule has 2 N–H and O–H groups in total. The van der Waals surface area contributed by atoms with Crippen molar-refractivity contribution in [2.75, 3.05) is 0 Å². The first-order chi connectivity index (χ1) is 12.1. The van der Waals surface area contributed by atoms with Gasteiger partial charge in [0.2, 0.25) is 11.4 Å². The largest absolute Gasteiger partial charge is 0.617 e. The van der Waals surface area contributed by atoms with Crippen molar-refractivity contribution in [1.29, 1.82) is 5.26 Å². The Kier molecular flexibility index (Phi) is 5.25. The number of pyridine rings is 1. The molecule has 2 aromatic rings. The highest BCUT2D eigenvalue weighted by Crippen LogP contribution is 2.38. The minimum atomic E-state index is -0.893. The van der Waals surface area contributed by atoms with E-state index in [1.807, 2.05) is 6.07 Å². The van der Waals surface area contributed by atoms with Gasteiger partial charge in [0.05, 0.1) is 16.1 Å². The van der Waals surface area contributed by atoms with Crippen molar-refractivity contribution >= 4 is 40.5 Å². The van der Waals surface area contributed by atoms with Gasteiger partial charge in [0.25, 0.3) is 5.15 Å². The monoisotopic (exact) mass is 395 g/mol. The van der Waals surface area contributed by atoms with Crippen LogP contribution in [0.1, 0.15) is 22.4 Å². The van der Waals surface area contributed by atoms with Crippen LogP contribution in [0.15, 0.2) is 12.1 Å². The molecule has 1 aromatic heterocycles. The molecule has 0 fully saturated rings. The molecule has 0 bridgehead atoms. The molecule has 0 aliphatic carbocycles. The number of nitro groups is 1. The molecule has 0 aliphatic rings. The predicted molar refractivity (Wildman–Crippen MR) is 94.8 cm³/mol. The fourth-order valence-electron chi connectivity index (χ4n) is 2.36. The first-order valence-electron chi connectivity index (χ1n) is 7.00. The third kappa shape index (κ3) is 3.22. The molecule has 0 saturated heterocycles. The molecule has 0 unspecified atom stereocenters. The summed E-state index contributed by atoms with van der Waals surface area (Å²) >= 11 is 12.2. The summed E-state index contributed by atoms with van der Waals surface area (Å²) in [6.07, 6.45) is 1.19. The van der Waals surface area contributed by atoms with Crippen LogP contribution >= 0.6 is 23.2 Å². The van der Waals surface area contributed by atoms with Gasteiger partial charge in [0, 0.05) is 13.0 Å². The van der Waals surface area contributed by atoms with Crippen molar-refractivity contribution in [3.63, 3.8) is 0 Å². The van der Waals surface area contributed by atoms with Gasteiger partial charge < -0.3 is 15.4 Å². The van der Waals surface area contributed by atoms with E-state index in [-0.39, 0.29) is 32.6 Å². The van der Waals surface area contributed by atoms with Gasteiger partial charge in [0.1, 0.15) is 11.1 Å². The molecule has 0 saturated carbocycles. The number of nitrogens with zero attached hydrogens (tertiary/aromatic N) is 3. The number of aromatic nitrogens is 1. The number of hydrogen-bond acceptors (Lipinski definition) is 6. The van der Waals surface area contributed by atoms with Crippen LogP contribution in [-0.4, -0.2) is 15.1 Å². The fraction of sp³-hybridized carbons (Fsp3) is 0.125. The van der Waals surface area contributed by atoms with E-state index in [1.54, 1.807) is 6.92 Å². The van der Waals surface area contributed by atoms with Crippen molar-refractivity contribution in [2.24, 2.45) is 0 Å². The lowest BCUT2D eigenvalue weighted by molar-refractivity contribution is -0.610. The number of benzene rings is 1. The van der Waals surface area contributed by atoms with E-state index in [9.17, 15) is 30.8 Å². The molecule has 2 rings (SSSR count). The van der Waals surface area contributed by atoms with Gasteiger partial charge in [-0.05, 0) is 41.8 Å². The van der Waals surface area contributed by atoms with E-state index in [4.69, 9.17) is 23.2 Å². The zero-order chi connectivity index (χ0) is 19.8. The van der Waals surface area contributed by atoms with Crippen LogP contribution in [-0.2, 0) is 0 Å². The minimum absolute atomic E-state index is 0.0492. The molecule has 0 atom stereocenters. The van der Waals surface area contributed by atoms with Crippen LogP contribution in [0.2, 0.25) is 10.2 Å². The quantitative estimate of drug-likeness (QED) is 0.155. The molecule has 0 aliphatic heterocycles. The Morgan fingerprint density at radius 1 is 1.35 bits per heavy atom. The lowest BCUT2D eigenvalue weighted by Crippen LogP contribution is -2.33. The summed E-state index contributed by atoms with van der Waals surface area (Å²) in [6, 6.07) is 3.86. The Morgan fingerprint density at radius 2 is 1.96 bits per heavy atom. The number of aromatic hydroxyl groups is 2. The summed E-state index contributed by atoms with van der Waals surface area (Å²) < 4.78 is 0.369. The molecular formula is C16H11Cl2N3O5. The van der Waals surface area contributed by atoms with Gasteiger partial charge in [0.15, 0.2) is 5.75 Å². The molecule has 0 amide bonds. The molecule has 1 aromatic carbocycles. The summed E-state index contributed by atoms with van der Waals surface area (Å²) in [5.74, 6) is -1.62. The molecule has 0 radical (unpaired) electrons. The summed E-state index contributed by atoms with van der Waals surface area (Å²) in [7, 11) is 0. The van der Waals surface area contributed by atoms with E-state index >= 15 is 0 Å². The van der Waals surface area contributed by atoms with Crippen LogP contribution in [0, 0.1) is 40.5 Å². The van der Waals surface area contributed by atoms with E-state index in [1.165, 1.54) is 13.0 Å². The van der Waals surface area contributed by atoms with Gasteiger partial charge in [-0.25, -0.2) is 0 Å². The average Bonchev–Trinajstić information content (AvgIpc) is 2.59. The summed E-state index contributed by atoms with van der Waals surface area (Å²) in [6.45, 7) is 3.04. The van der Waals surface area contributed by atoms with Crippen LogP contribution in [0.5, 0.6) is 11.5 Å². The Morgan fingerprint density at radius 3 is 2.50 bits per heavy atom. The average molecular weight is 396 g/mol. The summed E-state index contributed by atoms with van der Waals surface area (Å²) in [4.78, 5) is 10.1. The second-order valence-corrected chi connectivity index (χ2v) is 6.06. The Labute approximate surface area is 157 Å². The second kappa shape index (κ2) is 7.07. The van der Waals surface area contributed by atoms with E-state index < -0.39 is 22.1 Å². The number of nitriles is 1.